The Kier molecular flexibility index (Phi) is 4.47. The molecule has 1 saturated carbocycles. The molecule has 2 aliphatic rings. The van der Waals surface area contributed by atoms with E-state index in [1.54, 1.807) is 0 Å². The smallest absolute Gasteiger partial charge is 0.223 e. The second-order valence-corrected chi connectivity index (χ2v) is 6.60. The Morgan fingerprint density at radius 3 is 2.52 bits per heavy atom. The number of rotatable bonds is 2. The Morgan fingerprint density at radius 1 is 1.05 bits per heavy atom. The van der Waals surface area contributed by atoms with Gasteiger partial charge in [-0.2, -0.15) is 0 Å². The molecule has 3 heteroatoms. The van der Waals surface area contributed by atoms with Crippen molar-refractivity contribution in [3.8, 4) is 0 Å². The van der Waals surface area contributed by atoms with Crippen molar-refractivity contribution in [1.82, 2.24) is 5.32 Å². The Balaban J connectivity index is 1.63. The summed E-state index contributed by atoms with van der Waals surface area (Å²) in [5.74, 6) is 0.495. The number of nitrogen functional groups attached to an aromatic ring is 1. The number of nitrogens with one attached hydrogen (secondary N) is 1. The van der Waals surface area contributed by atoms with E-state index in [0.29, 0.717) is 0 Å². The number of hydrogen-bond acceptors (Lipinski definition) is 2. The summed E-state index contributed by atoms with van der Waals surface area (Å²) in [6.45, 7) is 0. The van der Waals surface area contributed by atoms with E-state index in [9.17, 15) is 4.79 Å². The largest absolute Gasteiger partial charge is 0.399 e. The highest BCUT2D eigenvalue weighted by molar-refractivity contribution is 5.79. The lowest BCUT2D eigenvalue weighted by molar-refractivity contribution is -0.126. The van der Waals surface area contributed by atoms with Crippen molar-refractivity contribution in [3.63, 3.8) is 0 Å². The zero-order valence-electron chi connectivity index (χ0n) is 12.7. The first-order chi connectivity index (χ1) is 10.2. The Hall–Kier alpha value is -1.51. The molecule has 3 N–H and O–H groups in total. The van der Waals surface area contributed by atoms with Crippen LogP contribution in [0, 0.1) is 5.92 Å². The van der Waals surface area contributed by atoms with E-state index in [4.69, 9.17) is 5.73 Å². The van der Waals surface area contributed by atoms with Gasteiger partial charge in [0.15, 0.2) is 0 Å². The van der Waals surface area contributed by atoms with Gasteiger partial charge in [0.25, 0.3) is 0 Å². The molecule has 1 fully saturated rings. The van der Waals surface area contributed by atoms with E-state index < -0.39 is 0 Å². The number of hydrogen-bond donors (Lipinski definition) is 2. The number of fused-ring (bicyclic) bond motifs is 1. The molecular weight excluding hydrogens is 260 g/mol. The second kappa shape index (κ2) is 6.50. The number of carbonyl (C=O) groups is 1. The zero-order chi connectivity index (χ0) is 14.7. The summed E-state index contributed by atoms with van der Waals surface area (Å²) in [6, 6.07) is 6.27. The lowest BCUT2D eigenvalue weighted by Gasteiger charge is -2.22. The predicted octanol–water partition coefficient (Wildman–Crippen LogP) is 3.73. The minimum absolute atomic E-state index is 0.193. The molecular formula is C18H26N2O. The van der Waals surface area contributed by atoms with Crippen LogP contribution >= 0.6 is 0 Å². The minimum Gasteiger partial charge on any atom is -0.399 e. The number of benzene rings is 1. The van der Waals surface area contributed by atoms with Gasteiger partial charge in [0.2, 0.25) is 5.91 Å². The lowest BCUT2D eigenvalue weighted by Crippen LogP contribution is -2.33. The molecule has 1 unspecified atom stereocenters. The molecule has 21 heavy (non-hydrogen) atoms. The molecule has 1 atom stereocenters. The summed E-state index contributed by atoms with van der Waals surface area (Å²) in [5, 5.41) is 3.29. The van der Waals surface area contributed by atoms with E-state index in [1.165, 1.54) is 43.2 Å². The third-order valence-corrected chi connectivity index (χ3v) is 5.04. The molecule has 114 valence electrons. The minimum atomic E-state index is 0.193. The third kappa shape index (κ3) is 3.39. The maximum atomic E-state index is 12.6. The maximum Gasteiger partial charge on any atom is 0.223 e. The quantitative estimate of drug-likeness (QED) is 0.814. The monoisotopic (exact) mass is 286 g/mol. The highest BCUT2D eigenvalue weighted by Crippen LogP contribution is 2.33. The van der Waals surface area contributed by atoms with Crippen LogP contribution in [0.2, 0.25) is 0 Å². The molecule has 1 amide bonds. The number of carbonyl (C=O) groups excluding carboxylic acids is 1. The average Bonchev–Trinajstić information content (AvgIpc) is 2.80. The van der Waals surface area contributed by atoms with Crippen molar-refractivity contribution in [2.24, 2.45) is 5.92 Å². The fourth-order valence-electron chi connectivity index (χ4n) is 3.80. The van der Waals surface area contributed by atoms with Crippen LogP contribution in [0.3, 0.4) is 0 Å². The first-order valence-electron chi connectivity index (χ1n) is 8.43. The predicted molar refractivity (Wildman–Crippen MR) is 85.9 cm³/mol. The summed E-state index contributed by atoms with van der Waals surface area (Å²) in [7, 11) is 0. The van der Waals surface area contributed by atoms with Gasteiger partial charge < -0.3 is 11.1 Å². The van der Waals surface area contributed by atoms with E-state index in [0.717, 1.165) is 31.4 Å². The van der Waals surface area contributed by atoms with E-state index in [-0.39, 0.29) is 17.9 Å². The molecule has 1 aromatic carbocycles. The van der Waals surface area contributed by atoms with Gasteiger partial charge in [-0.1, -0.05) is 38.2 Å². The molecule has 0 radical (unpaired) electrons. The summed E-state index contributed by atoms with van der Waals surface area (Å²) in [6.07, 6.45) is 10.5. The van der Waals surface area contributed by atoms with Crippen LogP contribution in [-0.4, -0.2) is 5.91 Å². The standard InChI is InChI=1S/C18H26N2O/c19-15-9-10-16-14(12-15)8-11-17(16)20-18(21)13-6-4-2-1-3-5-7-13/h9-10,12-13,17H,1-8,11,19H2,(H,20,21). The molecule has 0 saturated heterocycles. The molecule has 0 heterocycles. The van der Waals surface area contributed by atoms with Gasteiger partial charge in [0.05, 0.1) is 6.04 Å². The van der Waals surface area contributed by atoms with Crippen molar-refractivity contribution in [1.29, 1.82) is 0 Å². The van der Waals surface area contributed by atoms with Crippen molar-refractivity contribution in [2.75, 3.05) is 5.73 Å². The second-order valence-electron chi connectivity index (χ2n) is 6.60. The molecule has 3 rings (SSSR count). The van der Waals surface area contributed by atoms with Crippen LogP contribution in [0.5, 0.6) is 0 Å². The van der Waals surface area contributed by atoms with Gasteiger partial charge in [-0.05, 0) is 48.9 Å². The Morgan fingerprint density at radius 2 is 1.76 bits per heavy atom. The van der Waals surface area contributed by atoms with Gasteiger partial charge in [-0.15, -0.1) is 0 Å². The number of amides is 1. The van der Waals surface area contributed by atoms with Gasteiger partial charge in [0.1, 0.15) is 0 Å². The maximum absolute atomic E-state index is 12.6. The number of aryl methyl sites for hydroxylation is 1. The van der Waals surface area contributed by atoms with Gasteiger partial charge >= 0.3 is 0 Å². The highest BCUT2D eigenvalue weighted by atomic mass is 16.1. The van der Waals surface area contributed by atoms with Gasteiger partial charge in [-0.25, -0.2) is 0 Å². The topological polar surface area (TPSA) is 55.1 Å². The molecule has 0 bridgehead atoms. The van der Waals surface area contributed by atoms with Crippen LogP contribution < -0.4 is 11.1 Å². The molecule has 0 aliphatic heterocycles. The first kappa shape index (κ1) is 14.4. The van der Waals surface area contributed by atoms with Crippen LogP contribution in [0.1, 0.15) is 68.5 Å². The fraction of sp³-hybridized carbons (Fsp3) is 0.611. The fourth-order valence-corrected chi connectivity index (χ4v) is 3.80. The normalized spacial score (nSPS) is 23.1. The van der Waals surface area contributed by atoms with E-state index >= 15 is 0 Å². The third-order valence-electron chi connectivity index (χ3n) is 5.04. The summed E-state index contributed by atoms with van der Waals surface area (Å²) in [5.41, 5.74) is 9.23. The number of nitrogens with two attached hydrogens (primary N) is 1. The molecule has 0 spiro atoms. The van der Waals surface area contributed by atoms with Crippen molar-refractivity contribution in [2.45, 2.75) is 63.8 Å². The summed E-state index contributed by atoms with van der Waals surface area (Å²) >= 11 is 0. The van der Waals surface area contributed by atoms with Gasteiger partial charge in [-0.3, -0.25) is 4.79 Å². The summed E-state index contributed by atoms with van der Waals surface area (Å²) < 4.78 is 0. The van der Waals surface area contributed by atoms with Crippen LogP contribution in [0.4, 0.5) is 5.69 Å². The van der Waals surface area contributed by atoms with Crippen LogP contribution in [-0.2, 0) is 11.2 Å². The molecule has 2 aliphatic carbocycles. The van der Waals surface area contributed by atoms with E-state index in [1.807, 2.05) is 6.07 Å². The molecule has 0 aromatic heterocycles. The van der Waals surface area contributed by atoms with Crippen molar-refractivity contribution in [3.05, 3.63) is 29.3 Å². The van der Waals surface area contributed by atoms with Crippen LogP contribution in [0.15, 0.2) is 18.2 Å². The van der Waals surface area contributed by atoms with Crippen molar-refractivity contribution >= 4 is 11.6 Å². The SMILES string of the molecule is Nc1ccc2c(c1)CCC2NC(=O)C1CCCCCCC1. The molecule has 1 aromatic rings. The average molecular weight is 286 g/mol. The van der Waals surface area contributed by atoms with E-state index in [2.05, 4.69) is 17.4 Å². The van der Waals surface area contributed by atoms with Crippen LogP contribution in [0.25, 0.3) is 0 Å². The zero-order valence-corrected chi connectivity index (χ0v) is 12.7. The number of anilines is 1. The molecule has 3 nitrogen and oxygen atoms in total. The lowest BCUT2D eigenvalue weighted by atomic mass is 9.90. The first-order valence-corrected chi connectivity index (χ1v) is 8.43. The van der Waals surface area contributed by atoms with Crippen molar-refractivity contribution < 1.29 is 4.79 Å². The Labute approximate surface area is 127 Å². The highest BCUT2D eigenvalue weighted by Gasteiger charge is 2.27. The summed E-state index contributed by atoms with van der Waals surface area (Å²) in [4.78, 5) is 12.6. The van der Waals surface area contributed by atoms with Gasteiger partial charge in [0, 0.05) is 11.6 Å². The Bertz CT molecular complexity index is 504.